The van der Waals surface area contributed by atoms with E-state index in [1.54, 1.807) is 25.2 Å². The van der Waals surface area contributed by atoms with E-state index in [4.69, 9.17) is 0 Å². The van der Waals surface area contributed by atoms with Crippen molar-refractivity contribution in [3.63, 3.8) is 0 Å². The van der Waals surface area contributed by atoms with Crippen molar-refractivity contribution in [1.82, 2.24) is 0 Å². The molecule has 128 valence electrons. The van der Waals surface area contributed by atoms with Gasteiger partial charge in [-0.25, -0.2) is 0 Å². The fourth-order valence-electron chi connectivity index (χ4n) is 2.71. The molecular weight excluding hydrogens is 324 g/mol. The molecule has 3 aromatic rings. The maximum atomic E-state index is 12.7. The zero-order valence-corrected chi connectivity index (χ0v) is 14.4. The fraction of sp³-hybridized carbons (Fsp3) is 0.0455. The van der Waals surface area contributed by atoms with Gasteiger partial charge in [0, 0.05) is 23.8 Å². The van der Waals surface area contributed by atoms with Crippen LogP contribution in [0, 0.1) is 0 Å². The van der Waals surface area contributed by atoms with Crippen LogP contribution in [0.4, 0.5) is 11.4 Å². The van der Waals surface area contributed by atoms with Gasteiger partial charge >= 0.3 is 0 Å². The maximum absolute atomic E-state index is 12.7. The SMILES string of the molecule is C=C=C(C(=O)Nc1cccc2ccccc12)C(=O)N(C)c1ccccc1. The Morgan fingerprint density at radius 1 is 0.923 bits per heavy atom. The van der Waals surface area contributed by atoms with Crippen molar-refractivity contribution in [1.29, 1.82) is 0 Å². The van der Waals surface area contributed by atoms with Gasteiger partial charge in [-0.15, -0.1) is 5.73 Å². The first-order valence-corrected chi connectivity index (χ1v) is 8.14. The molecule has 2 amide bonds. The zero-order valence-electron chi connectivity index (χ0n) is 14.4. The number of amides is 2. The molecule has 0 saturated carbocycles. The van der Waals surface area contributed by atoms with Crippen molar-refractivity contribution in [2.24, 2.45) is 0 Å². The topological polar surface area (TPSA) is 49.4 Å². The predicted octanol–water partition coefficient (Wildman–Crippen LogP) is 4.15. The molecule has 0 spiro atoms. The molecule has 0 aromatic heterocycles. The highest BCUT2D eigenvalue weighted by Crippen LogP contribution is 2.23. The lowest BCUT2D eigenvalue weighted by Crippen LogP contribution is -2.32. The summed E-state index contributed by atoms with van der Waals surface area (Å²) in [5, 5.41) is 4.70. The van der Waals surface area contributed by atoms with Crippen LogP contribution in [0.5, 0.6) is 0 Å². The van der Waals surface area contributed by atoms with E-state index < -0.39 is 11.8 Å². The molecule has 0 saturated heterocycles. The summed E-state index contributed by atoms with van der Waals surface area (Å²) in [6, 6.07) is 22.4. The highest BCUT2D eigenvalue weighted by Gasteiger charge is 2.23. The Morgan fingerprint density at radius 3 is 2.31 bits per heavy atom. The minimum absolute atomic E-state index is 0.135. The van der Waals surface area contributed by atoms with Crippen LogP contribution in [0.1, 0.15) is 0 Å². The summed E-state index contributed by atoms with van der Waals surface area (Å²) < 4.78 is 0. The summed E-state index contributed by atoms with van der Waals surface area (Å²) in [5.74, 6) is -1.01. The molecule has 0 bridgehead atoms. The average Bonchev–Trinajstić information content (AvgIpc) is 2.69. The van der Waals surface area contributed by atoms with E-state index in [0.29, 0.717) is 11.4 Å². The van der Waals surface area contributed by atoms with Crippen LogP contribution in [0.15, 0.2) is 90.7 Å². The summed E-state index contributed by atoms with van der Waals surface area (Å²) in [7, 11) is 1.61. The number of hydrogen-bond acceptors (Lipinski definition) is 2. The van der Waals surface area contributed by atoms with Gasteiger partial charge in [-0.1, -0.05) is 61.2 Å². The Morgan fingerprint density at radius 2 is 1.58 bits per heavy atom. The van der Waals surface area contributed by atoms with Gasteiger partial charge in [0.25, 0.3) is 11.8 Å². The van der Waals surface area contributed by atoms with Crippen molar-refractivity contribution in [2.45, 2.75) is 0 Å². The van der Waals surface area contributed by atoms with E-state index >= 15 is 0 Å². The number of hydrogen-bond donors (Lipinski definition) is 1. The van der Waals surface area contributed by atoms with Crippen molar-refractivity contribution in [3.8, 4) is 0 Å². The quantitative estimate of drug-likeness (QED) is 0.335. The Balaban J connectivity index is 1.85. The minimum Gasteiger partial charge on any atom is -0.321 e. The standard InChI is InChI=1S/C22H18N2O2/c1-3-18(22(26)24(2)17-12-5-4-6-13-17)21(25)23-20-15-9-11-16-10-7-8-14-19(16)20/h4-15H,1H2,2H3,(H,23,25). The van der Waals surface area contributed by atoms with E-state index in [-0.39, 0.29) is 5.57 Å². The molecule has 4 nitrogen and oxygen atoms in total. The van der Waals surface area contributed by atoms with Crippen LogP contribution in [-0.2, 0) is 9.59 Å². The number of rotatable bonds is 4. The monoisotopic (exact) mass is 342 g/mol. The van der Waals surface area contributed by atoms with E-state index in [2.05, 4.69) is 17.6 Å². The number of nitrogens with zero attached hydrogens (tertiary/aromatic N) is 1. The smallest absolute Gasteiger partial charge is 0.271 e. The summed E-state index contributed by atoms with van der Waals surface area (Å²) in [6.45, 7) is 3.51. The van der Waals surface area contributed by atoms with Gasteiger partial charge in [-0.3, -0.25) is 9.59 Å². The molecule has 0 radical (unpaired) electrons. The van der Waals surface area contributed by atoms with Crippen LogP contribution in [0.2, 0.25) is 0 Å². The summed E-state index contributed by atoms with van der Waals surface area (Å²) >= 11 is 0. The molecule has 0 aliphatic carbocycles. The normalized spacial score (nSPS) is 10.0. The largest absolute Gasteiger partial charge is 0.321 e. The van der Waals surface area contributed by atoms with Crippen molar-refractivity contribution in [3.05, 3.63) is 90.7 Å². The fourth-order valence-corrected chi connectivity index (χ4v) is 2.71. The molecule has 4 heteroatoms. The van der Waals surface area contributed by atoms with Gasteiger partial charge in [-0.05, 0) is 23.6 Å². The van der Waals surface area contributed by atoms with Gasteiger partial charge in [0.15, 0.2) is 0 Å². The second-order valence-corrected chi connectivity index (χ2v) is 5.73. The number of carbonyl (C=O) groups is 2. The summed E-state index contributed by atoms with van der Waals surface area (Å²) in [5.41, 5.74) is 3.67. The lowest BCUT2D eigenvalue weighted by molar-refractivity contribution is -0.119. The molecule has 3 rings (SSSR count). The Kier molecular flexibility index (Phi) is 4.97. The highest BCUT2D eigenvalue weighted by molar-refractivity contribution is 6.27. The number of likely N-dealkylation sites (N-methyl/N-ethyl adjacent to an activating group) is 1. The molecule has 0 unspecified atom stereocenters. The number of anilines is 2. The maximum Gasteiger partial charge on any atom is 0.271 e. The summed E-state index contributed by atoms with van der Waals surface area (Å²) in [6.07, 6.45) is 0. The van der Waals surface area contributed by atoms with E-state index in [9.17, 15) is 9.59 Å². The van der Waals surface area contributed by atoms with Gasteiger partial charge < -0.3 is 10.2 Å². The predicted molar refractivity (Wildman–Crippen MR) is 105 cm³/mol. The number of para-hydroxylation sites is 1. The Labute approximate surface area is 152 Å². The third kappa shape index (κ3) is 3.41. The van der Waals surface area contributed by atoms with Crippen LogP contribution >= 0.6 is 0 Å². The lowest BCUT2D eigenvalue weighted by Gasteiger charge is -2.18. The van der Waals surface area contributed by atoms with Crippen LogP contribution in [0.3, 0.4) is 0 Å². The molecule has 0 fully saturated rings. The minimum atomic E-state index is -0.538. The van der Waals surface area contributed by atoms with E-state index in [1.807, 2.05) is 54.6 Å². The van der Waals surface area contributed by atoms with Crippen molar-refractivity contribution < 1.29 is 9.59 Å². The number of benzene rings is 3. The second-order valence-electron chi connectivity index (χ2n) is 5.73. The van der Waals surface area contributed by atoms with Gasteiger partial charge in [-0.2, -0.15) is 0 Å². The summed E-state index contributed by atoms with van der Waals surface area (Å²) in [4.78, 5) is 26.8. The Hall–Kier alpha value is -3.62. The lowest BCUT2D eigenvalue weighted by atomic mass is 10.1. The molecule has 0 aliphatic heterocycles. The van der Waals surface area contributed by atoms with E-state index in [0.717, 1.165) is 10.8 Å². The first-order chi connectivity index (χ1) is 12.6. The molecule has 1 N–H and O–H groups in total. The molecule has 0 atom stereocenters. The van der Waals surface area contributed by atoms with Crippen LogP contribution in [-0.4, -0.2) is 18.9 Å². The second kappa shape index (κ2) is 7.51. The highest BCUT2D eigenvalue weighted by atomic mass is 16.2. The molecule has 3 aromatic carbocycles. The van der Waals surface area contributed by atoms with Gasteiger partial charge in [0.2, 0.25) is 0 Å². The zero-order chi connectivity index (χ0) is 18.5. The van der Waals surface area contributed by atoms with Crippen LogP contribution in [0.25, 0.3) is 10.8 Å². The van der Waals surface area contributed by atoms with E-state index in [1.165, 1.54) is 4.90 Å². The first-order valence-electron chi connectivity index (χ1n) is 8.14. The number of carbonyl (C=O) groups excluding carboxylic acids is 2. The number of nitrogens with one attached hydrogen (secondary N) is 1. The molecular formula is C22H18N2O2. The molecule has 0 heterocycles. The van der Waals surface area contributed by atoms with Crippen LogP contribution < -0.4 is 10.2 Å². The molecule has 26 heavy (non-hydrogen) atoms. The molecule has 0 aliphatic rings. The van der Waals surface area contributed by atoms with Gasteiger partial charge in [0.1, 0.15) is 5.57 Å². The average molecular weight is 342 g/mol. The third-order valence-corrected chi connectivity index (χ3v) is 4.10. The Bertz CT molecular complexity index is 1010. The number of fused-ring (bicyclic) bond motifs is 1. The first kappa shape index (κ1) is 17.2. The van der Waals surface area contributed by atoms with Crippen molar-refractivity contribution in [2.75, 3.05) is 17.3 Å². The van der Waals surface area contributed by atoms with Gasteiger partial charge in [0.05, 0.1) is 0 Å². The van der Waals surface area contributed by atoms with Crippen molar-refractivity contribution >= 4 is 34.0 Å². The third-order valence-electron chi connectivity index (χ3n) is 4.10.